The minimum Gasteiger partial charge on any atom is -0.480 e. The maximum atomic E-state index is 11.6. The monoisotopic (exact) mass is 393 g/mol. The number of hydrogen-bond donors (Lipinski definition) is 2. The summed E-state index contributed by atoms with van der Waals surface area (Å²) in [6, 6.07) is 27.4. The number of hydrogen-bond acceptors (Lipinski definition) is 4. The number of aliphatic carboxylic acids is 1. The van der Waals surface area contributed by atoms with Gasteiger partial charge in [0, 0.05) is 11.7 Å². The summed E-state index contributed by atoms with van der Waals surface area (Å²) in [6.07, 6.45) is 0. The zero-order valence-corrected chi connectivity index (χ0v) is 16.5. The molecule has 0 aliphatic carbocycles. The van der Waals surface area contributed by atoms with Crippen LogP contribution in [0.3, 0.4) is 0 Å². The molecule has 0 unspecified atom stereocenters. The Kier molecular flexibility index (Phi) is 6.74. The van der Waals surface area contributed by atoms with Crippen LogP contribution in [-0.2, 0) is 9.63 Å². The number of rotatable bonds is 8. The van der Waals surface area contributed by atoms with Gasteiger partial charge in [0.05, 0.1) is 12.8 Å². The number of benzene rings is 3. The Bertz CT molecular complexity index is 862. The van der Waals surface area contributed by atoms with Crippen molar-refractivity contribution in [1.29, 1.82) is 0 Å². The van der Waals surface area contributed by atoms with Crippen molar-refractivity contribution in [2.75, 3.05) is 17.9 Å². The van der Waals surface area contributed by atoms with Gasteiger partial charge in [-0.1, -0.05) is 72.8 Å². The SMILES string of the molecule is CON(c1cccc(C(c2ccccc2)c2ccccc2)c1)[C@@H](CS)C(=O)O. The van der Waals surface area contributed by atoms with E-state index in [2.05, 4.69) is 43.0 Å². The van der Waals surface area contributed by atoms with Crippen molar-refractivity contribution in [3.8, 4) is 0 Å². The van der Waals surface area contributed by atoms with E-state index in [1.807, 2.05) is 54.6 Å². The predicted molar refractivity (Wildman–Crippen MR) is 115 cm³/mol. The fourth-order valence-electron chi connectivity index (χ4n) is 3.37. The molecule has 0 spiro atoms. The normalized spacial score (nSPS) is 12.0. The van der Waals surface area contributed by atoms with Crippen LogP contribution in [0.2, 0.25) is 0 Å². The minimum absolute atomic E-state index is 0.0281. The number of carboxylic acids is 1. The van der Waals surface area contributed by atoms with Crippen LogP contribution < -0.4 is 5.06 Å². The summed E-state index contributed by atoms with van der Waals surface area (Å²) < 4.78 is 0. The molecule has 3 rings (SSSR count). The average molecular weight is 394 g/mol. The predicted octanol–water partition coefficient (Wildman–Crippen LogP) is 4.62. The van der Waals surface area contributed by atoms with Gasteiger partial charge in [-0.3, -0.25) is 4.84 Å². The van der Waals surface area contributed by atoms with Gasteiger partial charge >= 0.3 is 5.97 Å². The molecule has 1 N–H and O–H groups in total. The van der Waals surface area contributed by atoms with Crippen LogP contribution >= 0.6 is 12.6 Å². The summed E-state index contributed by atoms with van der Waals surface area (Å²) >= 11 is 4.18. The number of anilines is 1. The van der Waals surface area contributed by atoms with Gasteiger partial charge in [0.1, 0.15) is 0 Å². The Morgan fingerprint density at radius 2 is 1.46 bits per heavy atom. The van der Waals surface area contributed by atoms with Crippen LogP contribution in [0.25, 0.3) is 0 Å². The van der Waals surface area contributed by atoms with Crippen LogP contribution in [0, 0.1) is 0 Å². The van der Waals surface area contributed by atoms with Crippen molar-refractivity contribution in [1.82, 2.24) is 0 Å². The second-order valence-electron chi connectivity index (χ2n) is 6.39. The third-order valence-electron chi connectivity index (χ3n) is 4.66. The molecule has 0 bridgehead atoms. The summed E-state index contributed by atoms with van der Waals surface area (Å²) in [5.41, 5.74) is 4.07. The Morgan fingerprint density at radius 1 is 0.929 bits per heavy atom. The second-order valence-corrected chi connectivity index (χ2v) is 6.76. The van der Waals surface area contributed by atoms with Gasteiger partial charge in [-0.05, 0) is 28.8 Å². The van der Waals surface area contributed by atoms with E-state index in [0.29, 0.717) is 5.69 Å². The van der Waals surface area contributed by atoms with E-state index in [4.69, 9.17) is 4.84 Å². The fourth-order valence-corrected chi connectivity index (χ4v) is 3.68. The zero-order valence-electron chi connectivity index (χ0n) is 15.6. The van der Waals surface area contributed by atoms with E-state index < -0.39 is 12.0 Å². The fraction of sp³-hybridized carbons (Fsp3) is 0.174. The molecule has 28 heavy (non-hydrogen) atoms. The van der Waals surface area contributed by atoms with Gasteiger partial charge in [-0.2, -0.15) is 12.6 Å². The van der Waals surface area contributed by atoms with Crippen LogP contribution in [0.1, 0.15) is 22.6 Å². The van der Waals surface area contributed by atoms with Crippen molar-refractivity contribution >= 4 is 24.3 Å². The van der Waals surface area contributed by atoms with Gasteiger partial charge in [0.25, 0.3) is 0 Å². The third kappa shape index (κ3) is 4.38. The molecule has 4 nitrogen and oxygen atoms in total. The highest BCUT2D eigenvalue weighted by molar-refractivity contribution is 7.80. The molecule has 0 saturated carbocycles. The molecule has 1 atom stereocenters. The minimum atomic E-state index is -0.982. The molecule has 0 aliphatic rings. The van der Waals surface area contributed by atoms with Crippen molar-refractivity contribution in [3.05, 3.63) is 102 Å². The summed E-state index contributed by atoms with van der Waals surface area (Å²) in [5.74, 6) is -0.820. The quantitative estimate of drug-likeness (QED) is 0.333. The number of thiol groups is 1. The van der Waals surface area contributed by atoms with Crippen molar-refractivity contribution in [2.24, 2.45) is 0 Å². The maximum Gasteiger partial charge on any atom is 0.329 e. The first-order valence-electron chi connectivity index (χ1n) is 9.02. The molecule has 0 aromatic heterocycles. The van der Waals surface area contributed by atoms with Gasteiger partial charge in [-0.15, -0.1) is 0 Å². The topological polar surface area (TPSA) is 49.8 Å². The molecule has 0 heterocycles. The van der Waals surface area contributed by atoms with E-state index in [0.717, 1.165) is 5.56 Å². The zero-order chi connectivity index (χ0) is 19.9. The van der Waals surface area contributed by atoms with E-state index in [-0.39, 0.29) is 11.7 Å². The highest BCUT2D eigenvalue weighted by Crippen LogP contribution is 2.34. The molecular weight excluding hydrogens is 370 g/mol. The number of hydroxylamine groups is 1. The summed E-state index contributed by atoms with van der Waals surface area (Å²) in [4.78, 5) is 17.0. The highest BCUT2D eigenvalue weighted by Gasteiger charge is 2.26. The number of nitrogens with zero attached hydrogens (tertiary/aromatic N) is 1. The van der Waals surface area contributed by atoms with Crippen molar-refractivity contribution < 1.29 is 14.7 Å². The Morgan fingerprint density at radius 3 is 1.93 bits per heavy atom. The number of carboxylic acid groups (broad SMARTS) is 1. The van der Waals surface area contributed by atoms with Crippen LogP contribution in [-0.4, -0.2) is 30.0 Å². The second kappa shape index (κ2) is 9.44. The van der Waals surface area contributed by atoms with E-state index in [1.54, 1.807) is 0 Å². The lowest BCUT2D eigenvalue weighted by Crippen LogP contribution is -2.42. The Balaban J connectivity index is 2.07. The van der Waals surface area contributed by atoms with Crippen LogP contribution in [0.15, 0.2) is 84.9 Å². The molecule has 3 aromatic rings. The van der Waals surface area contributed by atoms with Gasteiger partial charge < -0.3 is 5.11 Å². The van der Waals surface area contributed by atoms with Gasteiger partial charge in [-0.25, -0.2) is 9.86 Å². The molecule has 0 aliphatic heterocycles. The lowest BCUT2D eigenvalue weighted by atomic mass is 9.85. The lowest BCUT2D eigenvalue weighted by Gasteiger charge is -2.28. The smallest absolute Gasteiger partial charge is 0.329 e. The van der Waals surface area contributed by atoms with E-state index in [9.17, 15) is 9.90 Å². The Hall–Kier alpha value is -2.76. The molecular formula is C23H23NO3S. The van der Waals surface area contributed by atoms with E-state index in [1.165, 1.54) is 23.3 Å². The first-order chi connectivity index (χ1) is 13.7. The first kappa shape index (κ1) is 20.0. The molecule has 0 amide bonds. The largest absolute Gasteiger partial charge is 0.480 e. The molecule has 5 heteroatoms. The molecule has 3 aromatic carbocycles. The van der Waals surface area contributed by atoms with Crippen molar-refractivity contribution in [2.45, 2.75) is 12.0 Å². The van der Waals surface area contributed by atoms with Crippen LogP contribution in [0.5, 0.6) is 0 Å². The summed E-state index contributed by atoms with van der Waals surface area (Å²) in [6.45, 7) is 0. The molecule has 0 saturated heterocycles. The third-order valence-corrected chi connectivity index (χ3v) is 5.01. The summed E-state index contributed by atoms with van der Waals surface area (Å²) in [7, 11) is 1.47. The lowest BCUT2D eigenvalue weighted by molar-refractivity contribution is -0.139. The molecule has 0 radical (unpaired) electrons. The van der Waals surface area contributed by atoms with Crippen LogP contribution in [0.4, 0.5) is 5.69 Å². The standard InChI is InChI=1S/C23H23NO3S/c1-27-24(21(16-28)23(25)26)20-14-8-13-19(15-20)22(17-9-4-2-5-10-17)18-11-6-3-7-12-18/h2-15,21-22,28H,16H2,1H3,(H,25,26)/t21-/m0/s1. The highest BCUT2D eigenvalue weighted by atomic mass is 32.1. The molecule has 0 fully saturated rings. The molecule has 144 valence electrons. The number of carbonyl (C=O) groups is 1. The average Bonchev–Trinajstić information content (AvgIpc) is 2.73. The maximum absolute atomic E-state index is 11.6. The first-order valence-corrected chi connectivity index (χ1v) is 9.65. The van der Waals surface area contributed by atoms with E-state index >= 15 is 0 Å². The van der Waals surface area contributed by atoms with Gasteiger partial charge in [0.15, 0.2) is 6.04 Å². The summed E-state index contributed by atoms with van der Waals surface area (Å²) in [5, 5.41) is 10.9. The van der Waals surface area contributed by atoms with Gasteiger partial charge in [0.2, 0.25) is 0 Å². The Labute approximate surface area is 170 Å². The van der Waals surface area contributed by atoms with Crippen molar-refractivity contribution in [3.63, 3.8) is 0 Å².